The molecule has 3 atom stereocenters. The van der Waals surface area contributed by atoms with Crippen LogP contribution in [0.1, 0.15) is 39.2 Å². The van der Waals surface area contributed by atoms with Crippen LogP contribution in [-0.4, -0.2) is 59.3 Å². The van der Waals surface area contributed by atoms with Crippen molar-refractivity contribution in [2.75, 3.05) is 13.6 Å². The number of likely N-dealkylation sites (tertiary alicyclic amines) is 1. The molecule has 3 N–H and O–H groups in total. The second-order valence-electron chi connectivity index (χ2n) is 7.50. The lowest BCUT2D eigenvalue weighted by Gasteiger charge is -2.31. The number of amides is 3. The summed E-state index contributed by atoms with van der Waals surface area (Å²) in [7, 11) is 1.69. The van der Waals surface area contributed by atoms with Crippen LogP contribution in [-0.2, 0) is 20.9 Å². The van der Waals surface area contributed by atoms with Crippen LogP contribution in [0.25, 0.3) is 0 Å². The predicted octanol–water partition coefficient (Wildman–Crippen LogP) is 0.438. The summed E-state index contributed by atoms with van der Waals surface area (Å²) in [5.41, 5.74) is 0.951. The van der Waals surface area contributed by atoms with Crippen LogP contribution in [0.15, 0.2) is 24.5 Å². The first-order valence-corrected chi connectivity index (χ1v) is 9.79. The lowest BCUT2D eigenvalue weighted by molar-refractivity contribution is -0.142. The molecule has 0 aliphatic carbocycles. The zero-order valence-corrected chi connectivity index (χ0v) is 17.1. The zero-order chi connectivity index (χ0) is 20.7. The molecule has 0 unspecified atom stereocenters. The maximum absolute atomic E-state index is 13.1. The average Bonchev–Trinajstić information content (AvgIpc) is 3.19. The molecule has 2 heterocycles. The third-order valence-corrected chi connectivity index (χ3v) is 5.11. The van der Waals surface area contributed by atoms with E-state index in [9.17, 15) is 14.4 Å². The normalized spacial score (nSPS) is 18.6. The molecule has 8 nitrogen and oxygen atoms in total. The van der Waals surface area contributed by atoms with E-state index in [4.69, 9.17) is 0 Å². The van der Waals surface area contributed by atoms with Crippen molar-refractivity contribution >= 4 is 17.7 Å². The molecule has 0 spiro atoms. The Morgan fingerprint density at radius 1 is 1.21 bits per heavy atom. The van der Waals surface area contributed by atoms with Gasteiger partial charge in [0, 0.05) is 25.5 Å². The van der Waals surface area contributed by atoms with Gasteiger partial charge in [-0.05, 0) is 50.4 Å². The minimum atomic E-state index is -0.656. The van der Waals surface area contributed by atoms with E-state index in [1.54, 1.807) is 31.3 Å². The lowest BCUT2D eigenvalue weighted by atomic mass is 10.0. The number of hydrogen-bond donors (Lipinski definition) is 3. The topological polar surface area (TPSA) is 103 Å². The average molecular weight is 390 g/mol. The van der Waals surface area contributed by atoms with Crippen molar-refractivity contribution in [3.05, 3.63) is 30.1 Å². The Hall–Kier alpha value is -2.48. The number of nitrogens with one attached hydrogen (secondary N) is 3. The Balaban J connectivity index is 2.02. The second-order valence-corrected chi connectivity index (χ2v) is 7.50. The molecule has 8 heteroatoms. The predicted molar refractivity (Wildman–Crippen MR) is 106 cm³/mol. The quantitative estimate of drug-likeness (QED) is 0.599. The second kappa shape index (κ2) is 10.2. The van der Waals surface area contributed by atoms with E-state index in [2.05, 4.69) is 20.9 Å². The molecule has 3 amide bonds. The first kappa shape index (κ1) is 21.8. The molecular formula is C20H31N5O3. The number of nitrogens with zero attached hydrogens (tertiary/aromatic N) is 2. The third-order valence-electron chi connectivity index (χ3n) is 5.11. The van der Waals surface area contributed by atoms with Crippen molar-refractivity contribution in [2.45, 2.75) is 58.3 Å². The minimum absolute atomic E-state index is 0.0818. The van der Waals surface area contributed by atoms with Crippen LogP contribution in [0.4, 0.5) is 0 Å². The number of pyridine rings is 1. The molecule has 1 aliphatic heterocycles. The van der Waals surface area contributed by atoms with E-state index < -0.39 is 18.1 Å². The summed E-state index contributed by atoms with van der Waals surface area (Å²) in [6.07, 6.45) is 4.74. The highest BCUT2D eigenvalue weighted by atomic mass is 16.2. The summed E-state index contributed by atoms with van der Waals surface area (Å²) >= 11 is 0. The highest BCUT2D eigenvalue weighted by Crippen LogP contribution is 2.20. The van der Waals surface area contributed by atoms with Gasteiger partial charge in [0.25, 0.3) is 0 Å². The van der Waals surface area contributed by atoms with Gasteiger partial charge in [-0.3, -0.25) is 19.4 Å². The maximum atomic E-state index is 13.1. The van der Waals surface area contributed by atoms with Crippen molar-refractivity contribution < 1.29 is 14.4 Å². The van der Waals surface area contributed by atoms with E-state index in [1.165, 1.54) is 0 Å². The molecule has 1 saturated heterocycles. The molecule has 0 radical (unpaired) electrons. The fourth-order valence-corrected chi connectivity index (χ4v) is 3.21. The number of aromatic nitrogens is 1. The molecule has 1 aliphatic rings. The van der Waals surface area contributed by atoms with Crippen molar-refractivity contribution in [2.24, 2.45) is 5.92 Å². The lowest BCUT2D eigenvalue weighted by Crippen LogP contribution is -2.57. The Labute approximate surface area is 166 Å². The van der Waals surface area contributed by atoms with Crippen molar-refractivity contribution in [1.82, 2.24) is 25.8 Å². The number of carbonyl (C=O) groups is 3. The van der Waals surface area contributed by atoms with Gasteiger partial charge in [0.05, 0.1) is 6.04 Å². The van der Waals surface area contributed by atoms with Gasteiger partial charge in [-0.1, -0.05) is 13.8 Å². The molecule has 1 aromatic rings. The van der Waals surface area contributed by atoms with Crippen LogP contribution in [0.3, 0.4) is 0 Å². The van der Waals surface area contributed by atoms with Gasteiger partial charge in [0.2, 0.25) is 17.7 Å². The van der Waals surface area contributed by atoms with Crippen LogP contribution in [0.2, 0.25) is 0 Å². The summed E-state index contributed by atoms with van der Waals surface area (Å²) in [4.78, 5) is 43.6. The van der Waals surface area contributed by atoms with Crippen LogP contribution in [0.5, 0.6) is 0 Å². The molecule has 28 heavy (non-hydrogen) atoms. The molecule has 1 aromatic heterocycles. The highest BCUT2D eigenvalue weighted by Gasteiger charge is 2.38. The van der Waals surface area contributed by atoms with Crippen molar-refractivity contribution in [1.29, 1.82) is 0 Å². The number of likely N-dealkylation sites (N-methyl/N-ethyl adjacent to an activating group) is 1. The molecule has 1 fully saturated rings. The van der Waals surface area contributed by atoms with E-state index in [1.807, 2.05) is 26.0 Å². The Morgan fingerprint density at radius 2 is 1.89 bits per heavy atom. The molecular weight excluding hydrogens is 358 g/mol. The summed E-state index contributed by atoms with van der Waals surface area (Å²) in [5, 5.41) is 8.61. The smallest absolute Gasteiger partial charge is 0.246 e. The van der Waals surface area contributed by atoms with Gasteiger partial charge < -0.3 is 20.9 Å². The molecule has 2 rings (SSSR count). The van der Waals surface area contributed by atoms with Crippen LogP contribution in [0, 0.1) is 5.92 Å². The third kappa shape index (κ3) is 5.51. The SMILES string of the molecule is CN[C@@H](C)C(=O)N[C@@H](C(=O)N1CCC[C@H]1C(=O)NCc1ccncc1)C(C)C. The fraction of sp³-hybridized carbons (Fsp3) is 0.600. The first-order valence-electron chi connectivity index (χ1n) is 9.79. The largest absolute Gasteiger partial charge is 0.350 e. The van der Waals surface area contributed by atoms with Gasteiger partial charge in [-0.25, -0.2) is 0 Å². The summed E-state index contributed by atoms with van der Waals surface area (Å²) in [5.74, 6) is -0.678. The van der Waals surface area contributed by atoms with Gasteiger partial charge >= 0.3 is 0 Å². The van der Waals surface area contributed by atoms with E-state index in [0.717, 1.165) is 12.0 Å². The summed E-state index contributed by atoms with van der Waals surface area (Å²) in [6.45, 7) is 6.43. The van der Waals surface area contributed by atoms with Crippen molar-refractivity contribution in [3.63, 3.8) is 0 Å². The zero-order valence-electron chi connectivity index (χ0n) is 17.1. The Kier molecular flexibility index (Phi) is 7.92. The molecule has 0 aromatic carbocycles. The van der Waals surface area contributed by atoms with E-state index >= 15 is 0 Å². The van der Waals surface area contributed by atoms with Gasteiger partial charge in [-0.15, -0.1) is 0 Å². The van der Waals surface area contributed by atoms with Gasteiger partial charge in [-0.2, -0.15) is 0 Å². The highest BCUT2D eigenvalue weighted by molar-refractivity contribution is 5.93. The minimum Gasteiger partial charge on any atom is -0.350 e. The van der Waals surface area contributed by atoms with E-state index in [-0.39, 0.29) is 23.6 Å². The van der Waals surface area contributed by atoms with Crippen LogP contribution >= 0.6 is 0 Å². The Morgan fingerprint density at radius 3 is 2.50 bits per heavy atom. The standard InChI is InChI=1S/C20H31N5O3/c1-13(2)17(24-18(26)14(3)21-4)20(28)25-11-5-6-16(25)19(27)23-12-15-7-9-22-10-8-15/h7-10,13-14,16-17,21H,5-6,11-12H2,1-4H3,(H,23,27)(H,24,26)/t14-,16-,17+/m0/s1. The van der Waals surface area contributed by atoms with Crippen LogP contribution < -0.4 is 16.0 Å². The molecule has 154 valence electrons. The van der Waals surface area contributed by atoms with Crippen molar-refractivity contribution in [3.8, 4) is 0 Å². The number of carbonyl (C=O) groups excluding carboxylic acids is 3. The molecule has 0 bridgehead atoms. The first-order chi connectivity index (χ1) is 13.3. The number of hydrogen-bond acceptors (Lipinski definition) is 5. The van der Waals surface area contributed by atoms with Gasteiger partial charge in [0.1, 0.15) is 12.1 Å². The maximum Gasteiger partial charge on any atom is 0.246 e. The molecule has 0 saturated carbocycles. The summed E-state index contributed by atoms with van der Waals surface area (Å²) in [6, 6.07) is 2.12. The van der Waals surface area contributed by atoms with Gasteiger partial charge in [0.15, 0.2) is 0 Å². The van der Waals surface area contributed by atoms with E-state index in [0.29, 0.717) is 19.5 Å². The monoisotopic (exact) mass is 389 g/mol. The number of rotatable bonds is 8. The summed E-state index contributed by atoms with van der Waals surface area (Å²) < 4.78 is 0. The fourth-order valence-electron chi connectivity index (χ4n) is 3.21. The Bertz CT molecular complexity index is 680.